The molecule has 0 aromatic carbocycles. The van der Waals surface area contributed by atoms with Crippen molar-refractivity contribution in [2.75, 3.05) is 19.7 Å². The number of carbonyl (C=O) groups excluding carboxylic acids is 1. The number of aliphatic hydroxyl groups is 1. The van der Waals surface area contributed by atoms with E-state index in [9.17, 15) is 9.59 Å². The van der Waals surface area contributed by atoms with Gasteiger partial charge in [-0.2, -0.15) is 0 Å². The van der Waals surface area contributed by atoms with Gasteiger partial charge in [-0.25, -0.2) is 4.79 Å². The van der Waals surface area contributed by atoms with Gasteiger partial charge in [-0.3, -0.25) is 4.79 Å². The van der Waals surface area contributed by atoms with Gasteiger partial charge in [0.2, 0.25) is 0 Å². The molecule has 0 aliphatic rings. The normalized spacial score (nSPS) is 11.1. The highest BCUT2D eigenvalue weighted by molar-refractivity contribution is 5.68. The smallest absolute Gasteiger partial charge is 0.410 e. The van der Waals surface area contributed by atoms with Crippen LogP contribution in [0, 0.1) is 0 Å². The Morgan fingerprint density at radius 2 is 1.82 bits per heavy atom. The van der Waals surface area contributed by atoms with Crippen molar-refractivity contribution < 1.29 is 24.5 Å². The summed E-state index contributed by atoms with van der Waals surface area (Å²) in [6, 6.07) is 0. The third kappa shape index (κ3) is 8.50. The summed E-state index contributed by atoms with van der Waals surface area (Å²) >= 11 is 0. The highest BCUT2D eigenvalue weighted by Gasteiger charge is 2.21. The Kier molecular flexibility index (Phi) is 6.57. The van der Waals surface area contributed by atoms with E-state index < -0.39 is 17.7 Å². The Balaban J connectivity index is 4.21. The van der Waals surface area contributed by atoms with E-state index in [1.165, 1.54) is 4.90 Å². The Morgan fingerprint density at radius 1 is 1.24 bits per heavy atom. The van der Waals surface area contributed by atoms with Crippen LogP contribution in [0.2, 0.25) is 0 Å². The topological polar surface area (TPSA) is 87.1 Å². The fraction of sp³-hybridized carbons (Fsp3) is 0.818. The summed E-state index contributed by atoms with van der Waals surface area (Å²) in [5.74, 6) is -0.905. The van der Waals surface area contributed by atoms with Gasteiger partial charge in [0, 0.05) is 19.5 Å². The summed E-state index contributed by atoms with van der Waals surface area (Å²) in [7, 11) is 0. The number of amides is 1. The van der Waals surface area contributed by atoms with E-state index in [1.54, 1.807) is 20.8 Å². The number of aliphatic carboxylic acids is 1. The number of rotatable bonds is 6. The zero-order valence-electron chi connectivity index (χ0n) is 10.6. The Bertz CT molecular complexity index is 259. The highest BCUT2D eigenvalue weighted by Crippen LogP contribution is 2.10. The van der Waals surface area contributed by atoms with Gasteiger partial charge in [0.15, 0.2) is 0 Å². The maximum Gasteiger partial charge on any atom is 0.410 e. The molecule has 6 heteroatoms. The minimum absolute atomic E-state index is 0.00920. The maximum absolute atomic E-state index is 11.7. The van der Waals surface area contributed by atoms with Crippen LogP contribution in [0.1, 0.15) is 33.6 Å². The van der Waals surface area contributed by atoms with Gasteiger partial charge in [-0.05, 0) is 27.2 Å². The lowest BCUT2D eigenvalue weighted by Gasteiger charge is -2.26. The van der Waals surface area contributed by atoms with Crippen molar-refractivity contribution in [1.29, 1.82) is 0 Å². The van der Waals surface area contributed by atoms with Crippen molar-refractivity contribution in [3.8, 4) is 0 Å². The zero-order chi connectivity index (χ0) is 13.5. The maximum atomic E-state index is 11.7. The zero-order valence-corrected chi connectivity index (χ0v) is 10.6. The van der Waals surface area contributed by atoms with Gasteiger partial charge in [0.05, 0.1) is 6.61 Å². The van der Waals surface area contributed by atoms with E-state index in [-0.39, 0.29) is 26.1 Å². The largest absolute Gasteiger partial charge is 0.481 e. The minimum Gasteiger partial charge on any atom is -0.481 e. The standard InChI is InChI=1S/C11H21NO5/c1-11(2,3)17-10(16)12(7-8-13)6-4-5-9(14)15/h13H,4-8H2,1-3H3,(H,14,15). The number of ether oxygens (including phenoxy) is 1. The summed E-state index contributed by atoms with van der Waals surface area (Å²) < 4.78 is 5.14. The van der Waals surface area contributed by atoms with Gasteiger partial charge < -0.3 is 19.8 Å². The summed E-state index contributed by atoms with van der Waals surface area (Å²) in [6.45, 7) is 5.49. The molecule has 0 unspecified atom stereocenters. The molecule has 0 atom stereocenters. The van der Waals surface area contributed by atoms with E-state index in [0.717, 1.165) is 0 Å². The number of aliphatic hydroxyl groups excluding tert-OH is 1. The first-order valence-electron chi connectivity index (χ1n) is 5.57. The van der Waals surface area contributed by atoms with Crippen LogP contribution in [-0.4, -0.2) is 52.5 Å². The molecule has 0 aliphatic carbocycles. The fourth-order valence-corrected chi connectivity index (χ4v) is 1.16. The van der Waals surface area contributed by atoms with Crippen molar-refractivity contribution >= 4 is 12.1 Å². The molecule has 0 aliphatic heterocycles. The predicted octanol–water partition coefficient (Wildman–Crippen LogP) is 1.08. The average Bonchev–Trinajstić information content (AvgIpc) is 2.13. The van der Waals surface area contributed by atoms with Gasteiger partial charge >= 0.3 is 12.1 Å². The highest BCUT2D eigenvalue weighted by atomic mass is 16.6. The first kappa shape index (κ1) is 15.7. The first-order valence-corrected chi connectivity index (χ1v) is 5.57. The molecule has 0 bridgehead atoms. The number of carbonyl (C=O) groups is 2. The molecule has 0 aromatic heterocycles. The molecule has 2 N–H and O–H groups in total. The monoisotopic (exact) mass is 247 g/mol. The second-order valence-electron chi connectivity index (χ2n) is 4.69. The van der Waals surface area contributed by atoms with Crippen LogP contribution in [0.15, 0.2) is 0 Å². The van der Waals surface area contributed by atoms with E-state index in [0.29, 0.717) is 6.42 Å². The number of carboxylic acids is 1. The fourth-order valence-electron chi connectivity index (χ4n) is 1.16. The molecule has 6 nitrogen and oxygen atoms in total. The molecule has 0 saturated heterocycles. The van der Waals surface area contributed by atoms with Gasteiger partial charge in [0.25, 0.3) is 0 Å². The molecule has 0 fully saturated rings. The van der Waals surface area contributed by atoms with Crippen LogP contribution >= 0.6 is 0 Å². The summed E-state index contributed by atoms with van der Waals surface area (Å²) in [5.41, 5.74) is -0.600. The number of nitrogens with zero attached hydrogens (tertiary/aromatic N) is 1. The van der Waals surface area contributed by atoms with Crippen LogP contribution in [0.3, 0.4) is 0 Å². The van der Waals surface area contributed by atoms with Crippen LogP contribution in [0.5, 0.6) is 0 Å². The number of hydrogen-bond donors (Lipinski definition) is 2. The average molecular weight is 247 g/mol. The lowest BCUT2D eigenvalue weighted by atomic mass is 10.2. The summed E-state index contributed by atoms with van der Waals surface area (Å²) in [5, 5.41) is 17.3. The van der Waals surface area contributed by atoms with Crippen LogP contribution in [0.4, 0.5) is 4.79 Å². The lowest BCUT2D eigenvalue weighted by molar-refractivity contribution is -0.137. The number of hydrogen-bond acceptors (Lipinski definition) is 4. The third-order valence-corrected chi connectivity index (χ3v) is 1.84. The van der Waals surface area contributed by atoms with Crippen molar-refractivity contribution in [3.63, 3.8) is 0 Å². The van der Waals surface area contributed by atoms with E-state index in [4.69, 9.17) is 14.9 Å². The Hall–Kier alpha value is -1.30. The van der Waals surface area contributed by atoms with Crippen molar-refractivity contribution in [2.45, 2.75) is 39.2 Å². The quantitative estimate of drug-likeness (QED) is 0.733. The molecule has 0 heterocycles. The van der Waals surface area contributed by atoms with Gasteiger partial charge in [-0.15, -0.1) is 0 Å². The lowest BCUT2D eigenvalue weighted by Crippen LogP contribution is -2.39. The SMILES string of the molecule is CC(C)(C)OC(=O)N(CCO)CCCC(=O)O. The summed E-state index contributed by atoms with van der Waals surface area (Å²) in [6.07, 6.45) is -0.198. The van der Waals surface area contributed by atoms with Crippen molar-refractivity contribution in [2.24, 2.45) is 0 Å². The Labute approximate surface area is 101 Å². The summed E-state index contributed by atoms with van der Waals surface area (Å²) in [4.78, 5) is 23.3. The molecular weight excluding hydrogens is 226 g/mol. The molecule has 0 spiro atoms. The molecule has 100 valence electrons. The van der Waals surface area contributed by atoms with E-state index in [1.807, 2.05) is 0 Å². The molecule has 0 rings (SSSR count). The first-order chi connectivity index (χ1) is 7.76. The van der Waals surface area contributed by atoms with E-state index in [2.05, 4.69) is 0 Å². The van der Waals surface area contributed by atoms with Crippen molar-refractivity contribution in [1.82, 2.24) is 4.90 Å². The van der Waals surface area contributed by atoms with E-state index >= 15 is 0 Å². The van der Waals surface area contributed by atoms with Gasteiger partial charge in [-0.1, -0.05) is 0 Å². The molecule has 0 aromatic rings. The molecule has 17 heavy (non-hydrogen) atoms. The second-order valence-corrected chi connectivity index (χ2v) is 4.69. The number of carboxylic acid groups (broad SMARTS) is 1. The van der Waals surface area contributed by atoms with Crippen molar-refractivity contribution in [3.05, 3.63) is 0 Å². The molecular formula is C11H21NO5. The van der Waals surface area contributed by atoms with Crippen LogP contribution in [-0.2, 0) is 9.53 Å². The third-order valence-electron chi connectivity index (χ3n) is 1.84. The second kappa shape index (κ2) is 7.11. The van der Waals surface area contributed by atoms with Crippen LogP contribution in [0.25, 0.3) is 0 Å². The van der Waals surface area contributed by atoms with Crippen LogP contribution < -0.4 is 0 Å². The molecule has 0 radical (unpaired) electrons. The minimum atomic E-state index is -0.905. The predicted molar refractivity (Wildman–Crippen MR) is 61.8 cm³/mol. The Morgan fingerprint density at radius 3 is 2.24 bits per heavy atom. The molecule has 0 saturated carbocycles. The van der Waals surface area contributed by atoms with Gasteiger partial charge in [0.1, 0.15) is 5.60 Å². The molecule has 1 amide bonds.